The average Bonchev–Trinajstić information content (AvgIpc) is 3.01. The molecule has 0 aliphatic rings. The van der Waals surface area contributed by atoms with Crippen molar-refractivity contribution in [3.8, 4) is 10.4 Å². The van der Waals surface area contributed by atoms with Crippen molar-refractivity contribution >= 4 is 33.9 Å². The number of halogens is 3. The van der Waals surface area contributed by atoms with Gasteiger partial charge in [-0.15, -0.1) is 0 Å². The minimum absolute atomic E-state index is 0.277. The second-order valence-electron chi connectivity index (χ2n) is 5.76. The number of alkyl halides is 3. The molecule has 5 nitrogen and oxygen atoms in total. The molecule has 9 heteroatoms. The van der Waals surface area contributed by atoms with Gasteiger partial charge in [-0.2, -0.15) is 13.2 Å². The van der Waals surface area contributed by atoms with Crippen LogP contribution in [0, 0.1) is 6.92 Å². The van der Waals surface area contributed by atoms with Crippen molar-refractivity contribution in [3.63, 3.8) is 0 Å². The van der Waals surface area contributed by atoms with E-state index in [1.165, 1.54) is 23.5 Å². The Kier molecular flexibility index (Phi) is 5.46. The van der Waals surface area contributed by atoms with Crippen LogP contribution in [0.15, 0.2) is 55.3 Å². The van der Waals surface area contributed by atoms with Gasteiger partial charge in [-0.1, -0.05) is 24.0 Å². The number of anilines is 3. The monoisotopic (exact) mass is 404 g/mol. The minimum atomic E-state index is -4.42. The number of benzene rings is 1. The molecule has 0 fully saturated rings. The molecule has 28 heavy (non-hydrogen) atoms. The molecule has 3 rings (SSSR count). The van der Waals surface area contributed by atoms with Crippen LogP contribution in [0.25, 0.3) is 10.4 Å². The van der Waals surface area contributed by atoms with Crippen LogP contribution in [-0.2, 0) is 11.0 Å². The zero-order chi connectivity index (χ0) is 20.3. The second-order valence-corrected chi connectivity index (χ2v) is 6.76. The topological polar surface area (TPSA) is 66.9 Å². The fourth-order valence-corrected chi connectivity index (χ4v) is 3.40. The number of thiazole rings is 1. The Bertz CT molecular complexity index is 1030. The summed E-state index contributed by atoms with van der Waals surface area (Å²) in [6.45, 7) is 5.20. The van der Waals surface area contributed by atoms with Crippen molar-refractivity contribution in [1.29, 1.82) is 0 Å². The van der Waals surface area contributed by atoms with Crippen molar-refractivity contribution in [1.82, 2.24) is 9.97 Å². The van der Waals surface area contributed by atoms with Crippen LogP contribution in [0.2, 0.25) is 0 Å². The molecule has 144 valence electrons. The van der Waals surface area contributed by atoms with Crippen LogP contribution in [0.1, 0.15) is 11.3 Å². The first-order valence-corrected chi connectivity index (χ1v) is 8.89. The van der Waals surface area contributed by atoms with Gasteiger partial charge in [0.05, 0.1) is 16.1 Å². The first-order valence-electron chi connectivity index (χ1n) is 8.08. The average molecular weight is 404 g/mol. The van der Waals surface area contributed by atoms with Crippen LogP contribution < -0.4 is 10.6 Å². The number of nitrogens with zero attached hydrogens (tertiary/aromatic N) is 2. The maximum atomic E-state index is 12.9. The lowest BCUT2D eigenvalue weighted by Gasteiger charge is -2.10. The highest BCUT2D eigenvalue weighted by atomic mass is 32.1. The minimum Gasteiger partial charge on any atom is -0.340 e. The molecule has 0 radical (unpaired) electrons. The van der Waals surface area contributed by atoms with E-state index in [1.54, 1.807) is 25.3 Å². The number of rotatable bonds is 5. The molecule has 3 aromatic rings. The number of hydrogen-bond donors (Lipinski definition) is 2. The van der Waals surface area contributed by atoms with Gasteiger partial charge in [-0.05, 0) is 48.9 Å². The van der Waals surface area contributed by atoms with Gasteiger partial charge in [-0.25, -0.2) is 9.97 Å². The number of hydrogen-bond acceptors (Lipinski definition) is 5. The fraction of sp³-hybridized carbons (Fsp3) is 0.105. The van der Waals surface area contributed by atoms with E-state index in [0.29, 0.717) is 16.6 Å². The zero-order valence-electron chi connectivity index (χ0n) is 14.7. The molecule has 2 aromatic heterocycles. The van der Waals surface area contributed by atoms with E-state index >= 15 is 0 Å². The Morgan fingerprint density at radius 3 is 2.75 bits per heavy atom. The summed E-state index contributed by atoms with van der Waals surface area (Å²) in [6.07, 6.45) is -1.72. The molecule has 0 atom stereocenters. The Morgan fingerprint density at radius 1 is 1.25 bits per heavy atom. The SMILES string of the molecule is C=CC(=O)Nc1nc(C)c(-c2ccnc(Nc3cccc(C(F)(F)F)c3)c2)s1. The van der Waals surface area contributed by atoms with Gasteiger partial charge in [-0.3, -0.25) is 10.1 Å². The zero-order valence-corrected chi connectivity index (χ0v) is 15.5. The molecule has 2 heterocycles. The van der Waals surface area contributed by atoms with Gasteiger partial charge in [0.1, 0.15) is 5.82 Å². The quantitative estimate of drug-likeness (QED) is 0.559. The summed E-state index contributed by atoms with van der Waals surface area (Å²) in [7, 11) is 0. The van der Waals surface area contributed by atoms with E-state index in [2.05, 4.69) is 27.2 Å². The lowest BCUT2D eigenvalue weighted by molar-refractivity contribution is -0.137. The van der Waals surface area contributed by atoms with Gasteiger partial charge in [0.25, 0.3) is 0 Å². The Labute approximate surface area is 163 Å². The number of amides is 1. The maximum absolute atomic E-state index is 12.9. The van der Waals surface area contributed by atoms with Crippen molar-refractivity contribution in [3.05, 3.63) is 66.5 Å². The Hall–Kier alpha value is -3.20. The summed E-state index contributed by atoms with van der Waals surface area (Å²) in [5.74, 6) is 0.0308. The lowest BCUT2D eigenvalue weighted by atomic mass is 10.2. The molecule has 2 N–H and O–H groups in total. The Morgan fingerprint density at radius 2 is 2.04 bits per heavy atom. The molecule has 0 saturated heterocycles. The highest BCUT2D eigenvalue weighted by Crippen LogP contribution is 2.34. The van der Waals surface area contributed by atoms with E-state index in [4.69, 9.17) is 0 Å². The van der Waals surface area contributed by atoms with Crippen molar-refractivity contribution in [2.24, 2.45) is 0 Å². The van der Waals surface area contributed by atoms with Crippen LogP contribution in [0.4, 0.5) is 29.8 Å². The van der Waals surface area contributed by atoms with Crippen LogP contribution >= 0.6 is 11.3 Å². The Balaban J connectivity index is 1.85. The molecule has 0 aliphatic carbocycles. The number of aryl methyl sites for hydroxylation is 1. The van der Waals surface area contributed by atoms with Gasteiger partial charge in [0.2, 0.25) is 5.91 Å². The number of carbonyl (C=O) groups is 1. The fourth-order valence-electron chi connectivity index (χ4n) is 2.44. The maximum Gasteiger partial charge on any atom is 0.416 e. The van der Waals surface area contributed by atoms with Crippen LogP contribution in [-0.4, -0.2) is 15.9 Å². The first kappa shape index (κ1) is 19.6. The molecule has 0 aliphatic heterocycles. The van der Waals surface area contributed by atoms with E-state index in [0.717, 1.165) is 28.6 Å². The number of nitrogens with one attached hydrogen (secondary N) is 2. The smallest absolute Gasteiger partial charge is 0.340 e. The predicted octanol–water partition coefficient (Wildman–Crippen LogP) is 5.40. The second kappa shape index (κ2) is 7.81. The van der Waals surface area contributed by atoms with Crippen molar-refractivity contribution < 1.29 is 18.0 Å². The molecule has 0 bridgehead atoms. The molecular weight excluding hydrogens is 389 g/mol. The molecule has 0 unspecified atom stereocenters. The lowest BCUT2D eigenvalue weighted by Crippen LogP contribution is -2.06. The molecule has 0 saturated carbocycles. The third-order valence-electron chi connectivity index (χ3n) is 3.70. The van der Waals surface area contributed by atoms with Crippen LogP contribution in [0.3, 0.4) is 0 Å². The summed E-state index contributed by atoms with van der Waals surface area (Å²) in [5, 5.41) is 5.93. The first-order chi connectivity index (χ1) is 13.3. The standard InChI is InChI=1S/C19H15F3N4OS/c1-3-16(27)26-18-24-11(2)17(28-18)12-7-8-23-15(9-12)25-14-6-4-5-13(10-14)19(20,21)22/h3-10H,1H2,2H3,(H,23,25)(H,24,26,27). The predicted molar refractivity (Wildman–Crippen MR) is 104 cm³/mol. The summed E-state index contributed by atoms with van der Waals surface area (Å²) < 4.78 is 38.6. The van der Waals surface area contributed by atoms with E-state index in [1.807, 2.05) is 0 Å². The van der Waals surface area contributed by atoms with Gasteiger partial charge in [0, 0.05) is 11.9 Å². The molecule has 1 amide bonds. The number of aromatic nitrogens is 2. The van der Waals surface area contributed by atoms with Gasteiger partial charge >= 0.3 is 6.18 Å². The third-order valence-corrected chi connectivity index (χ3v) is 4.82. The summed E-state index contributed by atoms with van der Waals surface area (Å²) in [4.78, 5) is 20.7. The number of pyridine rings is 1. The summed E-state index contributed by atoms with van der Waals surface area (Å²) in [5.41, 5.74) is 1.02. The summed E-state index contributed by atoms with van der Waals surface area (Å²) >= 11 is 1.28. The van der Waals surface area contributed by atoms with Gasteiger partial charge in [0.15, 0.2) is 5.13 Å². The molecular formula is C19H15F3N4OS. The van der Waals surface area contributed by atoms with E-state index < -0.39 is 11.7 Å². The largest absolute Gasteiger partial charge is 0.416 e. The van der Waals surface area contributed by atoms with Crippen molar-refractivity contribution in [2.45, 2.75) is 13.1 Å². The van der Waals surface area contributed by atoms with E-state index in [9.17, 15) is 18.0 Å². The highest BCUT2D eigenvalue weighted by molar-refractivity contribution is 7.19. The van der Waals surface area contributed by atoms with Crippen molar-refractivity contribution in [2.75, 3.05) is 10.6 Å². The summed E-state index contributed by atoms with van der Waals surface area (Å²) in [6, 6.07) is 8.36. The molecule has 1 aromatic carbocycles. The highest BCUT2D eigenvalue weighted by Gasteiger charge is 2.30. The normalized spacial score (nSPS) is 11.1. The van der Waals surface area contributed by atoms with Gasteiger partial charge < -0.3 is 5.32 Å². The third kappa shape index (κ3) is 4.55. The van der Waals surface area contributed by atoms with E-state index in [-0.39, 0.29) is 11.6 Å². The number of carbonyl (C=O) groups excluding carboxylic acids is 1. The molecule has 0 spiro atoms. The van der Waals surface area contributed by atoms with Crippen LogP contribution in [0.5, 0.6) is 0 Å².